The van der Waals surface area contributed by atoms with Crippen molar-refractivity contribution in [2.24, 2.45) is 0 Å². The van der Waals surface area contributed by atoms with Crippen molar-refractivity contribution in [3.05, 3.63) is 95.9 Å². The maximum atomic E-state index is 4.15. The first-order valence-corrected chi connectivity index (χ1v) is 10.3. The number of thioether (sulfide) groups is 1. The third kappa shape index (κ3) is 3.65. The Labute approximate surface area is 165 Å². The summed E-state index contributed by atoms with van der Waals surface area (Å²) in [5.74, 6) is 0. The van der Waals surface area contributed by atoms with Crippen LogP contribution in [-0.4, -0.2) is 9.55 Å². The van der Waals surface area contributed by atoms with Gasteiger partial charge in [-0.25, -0.2) is 0 Å². The van der Waals surface area contributed by atoms with Gasteiger partial charge in [-0.3, -0.25) is 4.98 Å². The first-order valence-electron chi connectivity index (χ1n) is 9.47. The third-order valence-electron chi connectivity index (χ3n) is 5.07. The summed E-state index contributed by atoms with van der Waals surface area (Å²) in [4.78, 5) is 5.41. The molecule has 3 heteroatoms. The Morgan fingerprint density at radius 2 is 1.63 bits per heavy atom. The molecule has 0 aliphatic heterocycles. The van der Waals surface area contributed by atoms with Gasteiger partial charge >= 0.3 is 0 Å². The van der Waals surface area contributed by atoms with Crippen molar-refractivity contribution in [1.82, 2.24) is 9.55 Å². The van der Waals surface area contributed by atoms with Crippen LogP contribution >= 0.6 is 11.8 Å². The SMILES string of the molecule is CCC(Sc1ccncc1)n1c(C)c(Cc2ccccc2)c2ccccc21. The number of pyridine rings is 1. The van der Waals surface area contributed by atoms with E-state index >= 15 is 0 Å². The van der Waals surface area contributed by atoms with Crippen LogP contribution in [0, 0.1) is 6.92 Å². The molecule has 1 unspecified atom stereocenters. The topological polar surface area (TPSA) is 17.8 Å². The summed E-state index contributed by atoms with van der Waals surface area (Å²) in [7, 11) is 0. The highest BCUT2D eigenvalue weighted by molar-refractivity contribution is 7.99. The molecule has 0 fully saturated rings. The Kier molecular flexibility index (Phi) is 5.30. The standard InChI is InChI=1S/C24H24N2S/c1-3-24(27-20-13-15-25-16-14-20)26-18(2)22(17-19-9-5-4-6-10-19)21-11-7-8-12-23(21)26/h4-16,24H,3,17H2,1-2H3. The van der Waals surface area contributed by atoms with Gasteiger partial charge in [0.15, 0.2) is 0 Å². The summed E-state index contributed by atoms with van der Waals surface area (Å²) >= 11 is 1.91. The number of para-hydroxylation sites is 1. The molecule has 2 aromatic heterocycles. The van der Waals surface area contributed by atoms with Crippen molar-refractivity contribution in [3.63, 3.8) is 0 Å². The van der Waals surface area contributed by atoms with E-state index in [1.165, 1.54) is 32.6 Å². The van der Waals surface area contributed by atoms with Gasteiger partial charge in [0, 0.05) is 33.9 Å². The lowest BCUT2D eigenvalue weighted by atomic mass is 10.0. The molecule has 0 amide bonds. The molecule has 0 radical (unpaired) electrons. The Hall–Kier alpha value is -2.52. The first-order chi connectivity index (χ1) is 13.3. The Bertz CT molecular complexity index is 1020. The van der Waals surface area contributed by atoms with Crippen molar-refractivity contribution in [2.75, 3.05) is 0 Å². The zero-order chi connectivity index (χ0) is 18.6. The number of nitrogens with zero attached hydrogens (tertiary/aromatic N) is 2. The van der Waals surface area contributed by atoms with E-state index in [1.54, 1.807) is 0 Å². The van der Waals surface area contributed by atoms with Crippen molar-refractivity contribution in [2.45, 2.75) is 37.0 Å². The van der Waals surface area contributed by atoms with Crippen LogP contribution < -0.4 is 0 Å². The highest BCUT2D eigenvalue weighted by Gasteiger charge is 2.20. The smallest absolute Gasteiger partial charge is 0.0840 e. The molecule has 2 nitrogen and oxygen atoms in total. The van der Waals surface area contributed by atoms with E-state index < -0.39 is 0 Å². The molecule has 0 saturated heterocycles. The minimum Gasteiger partial charge on any atom is -0.332 e. The van der Waals surface area contributed by atoms with Crippen molar-refractivity contribution in [1.29, 1.82) is 0 Å². The van der Waals surface area contributed by atoms with Gasteiger partial charge < -0.3 is 4.57 Å². The first kappa shape index (κ1) is 17.9. The van der Waals surface area contributed by atoms with Crippen LogP contribution in [0.1, 0.15) is 35.5 Å². The highest BCUT2D eigenvalue weighted by atomic mass is 32.2. The second-order valence-electron chi connectivity index (χ2n) is 6.78. The van der Waals surface area contributed by atoms with Crippen LogP contribution in [0.2, 0.25) is 0 Å². The predicted octanol–water partition coefficient (Wildman–Crippen LogP) is 6.64. The van der Waals surface area contributed by atoms with E-state index in [1.807, 2.05) is 24.2 Å². The van der Waals surface area contributed by atoms with Gasteiger partial charge in [0.25, 0.3) is 0 Å². The van der Waals surface area contributed by atoms with E-state index in [0.717, 1.165) is 12.8 Å². The number of hydrogen-bond acceptors (Lipinski definition) is 2. The minimum absolute atomic E-state index is 0.363. The molecule has 4 aromatic rings. The molecule has 1 atom stereocenters. The fourth-order valence-corrected chi connectivity index (χ4v) is 4.88. The molecule has 136 valence electrons. The molecular formula is C24H24N2S. The van der Waals surface area contributed by atoms with Gasteiger partial charge in [0.05, 0.1) is 5.37 Å². The molecular weight excluding hydrogens is 348 g/mol. The molecule has 27 heavy (non-hydrogen) atoms. The second-order valence-corrected chi connectivity index (χ2v) is 8.03. The summed E-state index contributed by atoms with van der Waals surface area (Å²) in [5.41, 5.74) is 5.49. The summed E-state index contributed by atoms with van der Waals surface area (Å²) in [6, 6.07) is 23.8. The fraction of sp³-hybridized carbons (Fsp3) is 0.208. The van der Waals surface area contributed by atoms with E-state index in [9.17, 15) is 0 Å². The molecule has 0 bridgehead atoms. The zero-order valence-electron chi connectivity index (χ0n) is 15.8. The number of aromatic nitrogens is 2. The molecule has 0 spiro atoms. The lowest BCUT2D eigenvalue weighted by Crippen LogP contribution is -2.07. The van der Waals surface area contributed by atoms with Crippen LogP contribution in [-0.2, 0) is 6.42 Å². The highest BCUT2D eigenvalue weighted by Crippen LogP contribution is 2.39. The van der Waals surface area contributed by atoms with Gasteiger partial charge in [-0.15, -0.1) is 11.8 Å². The monoisotopic (exact) mass is 372 g/mol. The van der Waals surface area contributed by atoms with Crippen LogP contribution in [0.25, 0.3) is 10.9 Å². The predicted molar refractivity (Wildman–Crippen MR) is 115 cm³/mol. The second kappa shape index (κ2) is 8.01. The Morgan fingerprint density at radius 3 is 2.37 bits per heavy atom. The van der Waals surface area contributed by atoms with Crippen LogP contribution in [0.15, 0.2) is 84.0 Å². The molecule has 2 aromatic carbocycles. The van der Waals surface area contributed by atoms with E-state index in [0.29, 0.717) is 5.37 Å². The van der Waals surface area contributed by atoms with Gasteiger partial charge in [0.1, 0.15) is 0 Å². The van der Waals surface area contributed by atoms with Crippen molar-refractivity contribution in [3.8, 4) is 0 Å². The van der Waals surface area contributed by atoms with Crippen molar-refractivity contribution >= 4 is 22.7 Å². The fourth-order valence-electron chi connectivity index (χ4n) is 3.75. The summed E-state index contributed by atoms with van der Waals surface area (Å²) in [6.07, 6.45) is 5.78. The van der Waals surface area contributed by atoms with Crippen molar-refractivity contribution < 1.29 is 0 Å². The van der Waals surface area contributed by atoms with Gasteiger partial charge in [-0.1, -0.05) is 55.5 Å². The average Bonchev–Trinajstić information content (AvgIpc) is 2.99. The maximum absolute atomic E-state index is 4.15. The van der Waals surface area contributed by atoms with Crippen LogP contribution in [0.3, 0.4) is 0 Å². The molecule has 0 aliphatic rings. The Morgan fingerprint density at radius 1 is 0.926 bits per heavy atom. The third-order valence-corrected chi connectivity index (χ3v) is 6.43. The number of fused-ring (bicyclic) bond motifs is 1. The van der Waals surface area contributed by atoms with Gasteiger partial charge in [-0.2, -0.15) is 0 Å². The molecule has 2 heterocycles. The summed E-state index contributed by atoms with van der Waals surface area (Å²) in [6.45, 7) is 4.54. The molecule has 0 N–H and O–H groups in total. The lowest BCUT2D eigenvalue weighted by molar-refractivity contribution is 0.661. The van der Waals surface area contributed by atoms with E-state index in [-0.39, 0.29) is 0 Å². The average molecular weight is 373 g/mol. The Balaban J connectivity index is 1.79. The molecule has 0 saturated carbocycles. The summed E-state index contributed by atoms with van der Waals surface area (Å²) in [5, 5.41) is 1.73. The minimum atomic E-state index is 0.363. The van der Waals surface area contributed by atoms with E-state index in [2.05, 4.69) is 90.1 Å². The van der Waals surface area contributed by atoms with Gasteiger partial charge in [-0.05, 0) is 49.1 Å². The number of rotatable bonds is 6. The van der Waals surface area contributed by atoms with Gasteiger partial charge in [0.2, 0.25) is 0 Å². The van der Waals surface area contributed by atoms with Crippen LogP contribution in [0.4, 0.5) is 0 Å². The quantitative estimate of drug-likeness (QED) is 0.353. The zero-order valence-corrected chi connectivity index (χ0v) is 16.6. The largest absolute Gasteiger partial charge is 0.332 e. The number of hydrogen-bond donors (Lipinski definition) is 0. The van der Waals surface area contributed by atoms with Crippen LogP contribution in [0.5, 0.6) is 0 Å². The molecule has 0 aliphatic carbocycles. The summed E-state index contributed by atoms with van der Waals surface area (Å²) < 4.78 is 2.53. The maximum Gasteiger partial charge on any atom is 0.0840 e. The van der Waals surface area contributed by atoms with E-state index in [4.69, 9.17) is 0 Å². The lowest BCUT2D eigenvalue weighted by Gasteiger charge is -2.20. The number of benzene rings is 2. The normalized spacial score (nSPS) is 12.4. The molecule has 4 rings (SSSR count).